The van der Waals surface area contributed by atoms with Crippen LogP contribution in [-0.4, -0.2) is 32.1 Å². The first-order valence-corrected chi connectivity index (χ1v) is 10.6. The van der Waals surface area contributed by atoms with Crippen molar-refractivity contribution in [2.24, 2.45) is 0 Å². The minimum Gasteiger partial charge on any atom is -0.494 e. The molecule has 0 fully saturated rings. The number of rotatable bonds is 6. The first-order chi connectivity index (χ1) is 11.9. The Morgan fingerprint density at radius 1 is 1.20 bits per heavy atom. The molecule has 25 heavy (non-hydrogen) atoms. The Hall–Kier alpha value is -1.85. The van der Waals surface area contributed by atoms with Crippen molar-refractivity contribution in [1.29, 1.82) is 0 Å². The number of hydrogen-bond acceptors (Lipinski definition) is 4. The first kappa shape index (κ1) is 18.0. The summed E-state index contributed by atoms with van der Waals surface area (Å²) in [6.45, 7) is 2.54. The third-order valence-electron chi connectivity index (χ3n) is 4.68. The lowest BCUT2D eigenvalue weighted by Crippen LogP contribution is -2.10. The Kier molecular flexibility index (Phi) is 5.16. The molecule has 0 atom stereocenters. The molecule has 0 aliphatic heterocycles. The van der Waals surface area contributed by atoms with Gasteiger partial charge in [0.1, 0.15) is 15.6 Å². The molecule has 0 saturated heterocycles. The van der Waals surface area contributed by atoms with Crippen molar-refractivity contribution >= 4 is 9.84 Å². The summed E-state index contributed by atoms with van der Waals surface area (Å²) in [5.74, 6) is 0.945. The number of aliphatic hydroxyl groups excluding tert-OH is 1. The summed E-state index contributed by atoms with van der Waals surface area (Å²) in [6, 6.07) is 10.2. The zero-order chi connectivity index (χ0) is 18.0. The highest BCUT2D eigenvalue weighted by Crippen LogP contribution is 2.39. The minimum absolute atomic E-state index is 0.0685. The Morgan fingerprint density at radius 3 is 2.72 bits per heavy atom. The van der Waals surface area contributed by atoms with E-state index in [-0.39, 0.29) is 12.4 Å². The highest BCUT2D eigenvalue weighted by atomic mass is 32.2. The van der Waals surface area contributed by atoms with Gasteiger partial charge in [0, 0.05) is 6.26 Å². The molecule has 2 aromatic rings. The smallest absolute Gasteiger partial charge is 0.147 e. The standard InChI is InChI=1S/C20H24O4S/c1-14-11-17(24-9-4-10-25(2,22)23)12-15-7-8-18-16(13-21)5-3-6-19(18)20(14)15/h3,5-6,11-12,21H,4,7-10,13H2,1-2H3. The molecular weight excluding hydrogens is 336 g/mol. The first-order valence-electron chi connectivity index (χ1n) is 8.55. The molecule has 1 aliphatic rings. The molecular formula is C20H24O4S. The van der Waals surface area contributed by atoms with Crippen molar-refractivity contribution in [3.05, 3.63) is 52.6 Å². The van der Waals surface area contributed by atoms with Crippen molar-refractivity contribution in [3.63, 3.8) is 0 Å². The summed E-state index contributed by atoms with van der Waals surface area (Å²) >= 11 is 0. The summed E-state index contributed by atoms with van der Waals surface area (Å²) in [4.78, 5) is 0. The van der Waals surface area contributed by atoms with Crippen molar-refractivity contribution in [2.45, 2.75) is 32.8 Å². The second kappa shape index (κ2) is 7.18. The van der Waals surface area contributed by atoms with E-state index in [1.54, 1.807) is 0 Å². The molecule has 0 aromatic heterocycles. The summed E-state index contributed by atoms with van der Waals surface area (Å²) in [6.07, 6.45) is 3.57. The Morgan fingerprint density at radius 2 is 2.00 bits per heavy atom. The molecule has 3 rings (SSSR count). The predicted molar refractivity (Wildman–Crippen MR) is 99.8 cm³/mol. The highest BCUT2D eigenvalue weighted by Gasteiger charge is 2.21. The number of aryl methyl sites for hydroxylation is 2. The van der Waals surface area contributed by atoms with Crippen LogP contribution in [0.2, 0.25) is 0 Å². The predicted octanol–water partition coefficient (Wildman–Crippen LogP) is 3.07. The lowest BCUT2D eigenvalue weighted by molar-refractivity contribution is 0.280. The monoisotopic (exact) mass is 360 g/mol. The van der Waals surface area contributed by atoms with E-state index in [0.717, 1.165) is 29.7 Å². The molecule has 0 spiro atoms. The molecule has 0 saturated carbocycles. The maximum Gasteiger partial charge on any atom is 0.147 e. The Labute approximate surface area is 149 Å². The van der Waals surface area contributed by atoms with E-state index in [2.05, 4.69) is 19.1 Å². The molecule has 0 unspecified atom stereocenters. The summed E-state index contributed by atoms with van der Waals surface area (Å²) < 4.78 is 28.1. The van der Waals surface area contributed by atoms with Gasteiger partial charge in [-0.2, -0.15) is 0 Å². The third-order valence-corrected chi connectivity index (χ3v) is 5.71. The average Bonchev–Trinajstić information content (AvgIpc) is 2.56. The number of aliphatic hydroxyl groups is 1. The van der Waals surface area contributed by atoms with Crippen molar-refractivity contribution < 1.29 is 18.3 Å². The van der Waals surface area contributed by atoms with E-state index in [1.807, 2.05) is 18.2 Å². The zero-order valence-electron chi connectivity index (χ0n) is 14.7. The van der Waals surface area contributed by atoms with Gasteiger partial charge in [0.25, 0.3) is 0 Å². The van der Waals surface area contributed by atoms with Crippen LogP contribution in [0.15, 0.2) is 30.3 Å². The molecule has 2 aromatic carbocycles. The Balaban J connectivity index is 1.83. The van der Waals surface area contributed by atoms with E-state index >= 15 is 0 Å². The van der Waals surface area contributed by atoms with Gasteiger partial charge in [0.2, 0.25) is 0 Å². The fourth-order valence-corrected chi connectivity index (χ4v) is 4.22. The van der Waals surface area contributed by atoms with Crippen LogP contribution in [0.4, 0.5) is 0 Å². The van der Waals surface area contributed by atoms with Crippen LogP contribution in [0.1, 0.15) is 28.7 Å². The van der Waals surface area contributed by atoms with E-state index in [4.69, 9.17) is 4.74 Å². The number of sulfone groups is 1. The topological polar surface area (TPSA) is 63.6 Å². The van der Waals surface area contributed by atoms with Gasteiger partial charge in [0.15, 0.2) is 0 Å². The normalized spacial score (nSPS) is 13.2. The maximum atomic E-state index is 11.2. The van der Waals surface area contributed by atoms with Crippen LogP contribution in [0, 0.1) is 6.92 Å². The van der Waals surface area contributed by atoms with Crippen LogP contribution >= 0.6 is 0 Å². The highest BCUT2D eigenvalue weighted by molar-refractivity contribution is 7.90. The molecule has 134 valence electrons. The van der Waals surface area contributed by atoms with E-state index in [0.29, 0.717) is 13.0 Å². The third kappa shape index (κ3) is 4.05. The molecule has 0 radical (unpaired) electrons. The van der Waals surface area contributed by atoms with Gasteiger partial charge < -0.3 is 9.84 Å². The number of benzene rings is 2. The molecule has 0 heterocycles. The zero-order valence-corrected chi connectivity index (χ0v) is 15.5. The minimum atomic E-state index is -2.94. The Bertz CT molecular complexity index is 885. The van der Waals surface area contributed by atoms with Crippen LogP contribution in [0.5, 0.6) is 5.75 Å². The van der Waals surface area contributed by atoms with Gasteiger partial charge in [-0.05, 0) is 71.7 Å². The molecule has 5 heteroatoms. The van der Waals surface area contributed by atoms with E-state index < -0.39 is 9.84 Å². The number of hydrogen-bond donors (Lipinski definition) is 1. The maximum absolute atomic E-state index is 11.2. The van der Waals surface area contributed by atoms with Crippen LogP contribution in [-0.2, 0) is 29.3 Å². The lowest BCUT2D eigenvalue weighted by Gasteiger charge is -2.24. The molecule has 0 amide bonds. The fourth-order valence-electron chi connectivity index (χ4n) is 3.57. The summed E-state index contributed by atoms with van der Waals surface area (Å²) in [5, 5.41) is 9.57. The van der Waals surface area contributed by atoms with Crippen molar-refractivity contribution in [2.75, 3.05) is 18.6 Å². The van der Waals surface area contributed by atoms with Crippen LogP contribution in [0.3, 0.4) is 0 Å². The van der Waals surface area contributed by atoms with Crippen molar-refractivity contribution in [3.8, 4) is 16.9 Å². The summed E-state index contributed by atoms with van der Waals surface area (Å²) in [7, 11) is -2.94. The fraction of sp³-hybridized carbons (Fsp3) is 0.400. The molecule has 1 N–H and O–H groups in total. The second-order valence-electron chi connectivity index (χ2n) is 6.71. The second-order valence-corrected chi connectivity index (χ2v) is 8.97. The quantitative estimate of drug-likeness (QED) is 0.804. The van der Waals surface area contributed by atoms with Gasteiger partial charge in [-0.15, -0.1) is 0 Å². The van der Waals surface area contributed by atoms with Gasteiger partial charge in [0.05, 0.1) is 19.0 Å². The molecule has 4 nitrogen and oxygen atoms in total. The molecule has 1 aliphatic carbocycles. The average molecular weight is 360 g/mol. The largest absolute Gasteiger partial charge is 0.494 e. The lowest BCUT2D eigenvalue weighted by atomic mass is 9.81. The SMILES string of the molecule is Cc1cc(OCCCS(C)(=O)=O)cc2c1-c1cccc(CO)c1CC2. The van der Waals surface area contributed by atoms with Gasteiger partial charge >= 0.3 is 0 Å². The van der Waals surface area contributed by atoms with Gasteiger partial charge in [-0.25, -0.2) is 8.42 Å². The molecule has 0 bridgehead atoms. The number of fused-ring (bicyclic) bond motifs is 3. The van der Waals surface area contributed by atoms with Crippen molar-refractivity contribution in [1.82, 2.24) is 0 Å². The summed E-state index contributed by atoms with van der Waals surface area (Å²) in [5.41, 5.74) is 7.08. The van der Waals surface area contributed by atoms with Crippen LogP contribution in [0.25, 0.3) is 11.1 Å². The van der Waals surface area contributed by atoms with Gasteiger partial charge in [-0.3, -0.25) is 0 Å². The van der Waals surface area contributed by atoms with Gasteiger partial charge in [-0.1, -0.05) is 18.2 Å². The van der Waals surface area contributed by atoms with E-state index in [1.165, 1.54) is 28.5 Å². The van der Waals surface area contributed by atoms with Crippen LogP contribution < -0.4 is 4.74 Å². The van der Waals surface area contributed by atoms with E-state index in [9.17, 15) is 13.5 Å². The number of ether oxygens (including phenoxy) is 1.